The number of nitrogens with two attached hydrogens (primary N) is 2. The summed E-state index contributed by atoms with van der Waals surface area (Å²) in [7, 11) is 0. The van der Waals surface area contributed by atoms with Gasteiger partial charge in [0.2, 0.25) is 5.91 Å². The average molecular weight is 524 g/mol. The first-order chi connectivity index (χ1) is 17.4. The van der Waals surface area contributed by atoms with Crippen LogP contribution in [0.15, 0.2) is 4.99 Å². The Morgan fingerprint density at radius 3 is 2.47 bits per heavy atom. The van der Waals surface area contributed by atoms with Gasteiger partial charge in [-0.05, 0) is 70.0 Å². The zero-order chi connectivity index (χ0) is 25.7. The molecule has 36 heavy (non-hydrogen) atoms. The van der Waals surface area contributed by atoms with Crippen LogP contribution in [-0.2, 0) is 4.79 Å². The molecule has 0 spiro atoms. The first-order valence-corrected chi connectivity index (χ1v) is 15.0. The van der Waals surface area contributed by atoms with Crippen molar-refractivity contribution in [3.8, 4) is 0 Å². The molecule has 0 aromatic carbocycles. The lowest BCUT2D eigenvalue weighted by Crippen LogP contribution is -2.64. The lowest BCUT2D eigenvalue weighted by molar-refractivity contribution is -0.128. The molecule has 0 radical (unpaired) electrons. The second-order valence-electron chi connectivity index (χ2n) is 11.8. The molecular formula is C27H50ClN7O. The Morgan fingerprint density at radius 2 is 1.86 bits per heavy atom. The van der Waals surface area contributed by atoms with Crippen LogP contribution in [0.25, 0.3) is 0 Å². The van der Waals surface area contributed by atoms with E-state index < -0.39 is 12.1 Å². The van der Waals surface area contributed by atoms with E-state index in [9.17, 15) is 4.79 Å². The van der Waals surface area contributed by atoms with Crippen LogP contribution in [0, 0.1) is 11.3 Å². The number of rotatable bonds is 8. The van der Waals surface area contributed by atoms with Gasteiger partial charge in [-0.15, -0.1) is 11.6 Å². The summed E-state index contributed by atoms with van der Waals surface area (Å²) in [6, 6.07) is 0.882. The number of carbonyl (C=O) groups is 1. The number of carbonyl (C=O) groups excluding carboxylic acids is 1. The summed E-state index contributed by atoms with van der Waals surface area (Å²) in [4.78, 5) is 23.9. The number of aliphatic imine (C=N–C) groups is 1. The Hall–Kier alpha value is -0.770. The van der Waals surface area contributed by atoms with Gasteiger partial charge in [0.1, 0.15) is 0 Å². The zero-order valence-electron chi connectivity index (χ0n) is 22.5. The van der Waals surface area contributed by atoms with Crippen LogP contribution in [0.1, 0.15) is 71.6 Å². The molecule has 206 valence electrons. The molecule has 4 aliphatic rings. The SMILES string of the molecule is CCC1(CC)CCC(Cl)/C=N\C(C(C(=O)NC2CNCCC2N2CCC(N3CCC3)CC2)C(N)N)C1. The number of likely N-dealkylation sites (tertiary alicyclic amines) is 2. The highest BCUT2D eigenvalue weighted by Gasteiger charge is 2.41. The van der Waals surface area contributed by atoms with E-state index in [1.165, 1.54) is 32.4 Å². The minimum Gasteiger partial charge on any atom is -0.350 e. The molecule has 5 unspecified atom stereocenters. The number of nitrogens with one attached hydrogen (secondary N) is 2. The second-order valence-corrected chi connectivity index (χ2v) is 12.3. The molecule has 9 heteroatoms. The Balaban J connectivity index is 1.44. The summed E-state index contributed by atoms with van der Waals surface area (Å²) in [5.74, 6) is -0.630. The molecule has 0 bridgehead atoms. The maximum atomic E-state index is 13.8. The highest BCUT2D eigenvalue weighted by molar-refractivity contribution is 6.28. The van der Waals surface area contributed by atoms with Crippen molar-refractivity contribution in [1.29, 1.82) is 0 Å². The van der Waals surface area contributed by atoms with Crippen molar-refractivity contribution in [3.05, 3.63) is 0 Å². The normalized spacial score (nSPS) is 34.4. The number of alkyl halides is 1. The lowest BCUT2D eigenvalue weighted by Gasteiger charge is -2.47. The van der Waals surface area contributed by atoms with Crippen LogP contribution < -0.4 is 22.1 Å². The zero-order valence-corrected chi connectivity index (χ0v) is 23.3. The van der Waals surface area contributed by atoms with Crippen molar-refractivity contribution in [2.45, 2.75) is 107 Å². The molecule has 3 saturated heterocycles. The third-order valence-electron chi connectivity index (χ3n) is 9.81. The van der Waals surface area contributed by atoms with Crippen LogP contribution in [0.2, 0.25) is 0 Å². The van der Waals surface area contributed by atoms with Gasteiger partial charge in [-0.2, -0.15) is 0 Å². The Morgan fingerprint density at radius 1 is 1.14 bits per heavy atom. The fourth-order valence-corrected chi connectivity index (χ4v) is 7.21. The Bertz CT molecular complexity index is 734. The maximum Gasteiger partial charge on any atom is 0.228 e. The predicted octanol–water partition coefficient (Wildman–Crippen LogP) is 1.90. The van der Waals surface area contributed by atoms with Crippen LogP contribution >= 0.6 is 11.6 Å². The number of hydrogen-bond acceptors (Lipinski definition) is 7. The minimum absolute atomic E-state index is 0.0495. The number of piperidine rings is 2. The molecule has 3 fully saturated rings. The molecule has 5 atom stereocenters. The first-order valence-electron chi connectivity index (χ1n) is 14.5. The van der Waals surface area contributed by atoms with E-state index >= 15 is 0 Å². The van der Waals surface area contributed by atoms with E-state index in [-0.39, 0.29) is 28.8 Å². The maximum absolute atomic E-state index is 13.8. The van der Waals surface area contributed by atoms with Crippen molar-refractivity contribution in [1.82, 2.24) is 20.4 Å². The van der Waals surface area contributed by atoms with Gasteiger partial charge in [0.25, 0.3) is 0 Å². The predicted molar refractivity (Wildman–Crippen MR) is 148 cm³/mol. The number of halogens is 1. The van der Waals surface area contributed by atoms with Gasteiger partial charge in [0, 0.05) is 37.9 Å². The molecule has 0 aliphatic carbocycles. The highest BCUT2D eigenvalue weighted by atomic mass is 35.5. The highest BCUT2D eigenvalue weighted by Crippen LogP contribution is 2.41. The summed E-state index contributed by atoms with van der Waals surface area (Å²) in [5, 5.41) is 6.77. The van der Waals surface area contributed by atoms with Crippen molar-refractivity contribution >= 4 is 23.7 Å². The number of nitrogens with zero attached hydrogens (tertiary/aromatic N) is 3. The fraction of sp³-hybridized carbons (Fsp3) is 0.926. The van der Waals surface area contributed by atoms with Crippen molar-refractivity contribution < 1.29 is 4.79 Å². The van der Waals surface area contributed by atoms with E-state index in [4.69, 9.17) is 28.1 Å². The molecule has 4 rings (SSSR count). The summed E-state index contributed by atoms with van der Waals surface area (Å²) < 4.78 is 0. The Labute approximate surface area is 223 Å². The van der Waals surface area contributed by atoms with Crippen LogP contribution in [0.3, 0.4) is 0 Å². The van der Waals surface area contributed by atoms with E-state index in [2.05, 4.69) is 34.3 Å². The van der Waals surface area contributed by atoms with Crippen LogP contribution in [0.5, 0.6) is 0 Å². The van der Waals surface area contributed by atoms with Crippen molar-refractivity contribution in [2.75, 3.05) is 39.3 Å². The third kappa shape index (κ3) is 6.62. The first kappa shape index (κ1) is 28.2. The summed E-state index contributed by atoms with van der Waals surface area (Å²) in [5.41, 5.74) is 12.7. The minimum atomic E-state index is -0.769. The molecular weight excluding hydrogens is 474 g/mol. The number of hydrogen-bond donors (Lipinski definition) is 4. The standard InChI is InChI=1S/C27H50ClN7O/c1-3-27(4-2)10-6-19(28)17-32-21(16-27)24(25(29)30)26(36)33-22-18-31-11-7-23(22)35-14-8-20(9-15-35)34-12-5-13-34/h17,19-25,31H,3-16,18,29-30H2,1-2H3,(H,33,36)/b32-17-. The van der Waals surface area contributed by atoms with Gasteiger partial charge in [-0.1, -0.05) is 26.7 Å². The van der Waals surface area contributed by atoms with E-state index in [1.807, 2.05) is 6.21 Å². The van der Waals surface area contributed by atoms with Gasteiger partial charge < -0.3 is 27.0 Å². The third-order valence-corrected chi connectivity index (χ3v) is 10.1. The van der Waals surface area contributed by atoms with Gasteiger partial charge in [-0.25, -0.2) is 0 Å². The van der Waals surface area contributed by atoms with Gasteiger partial charge >= 0.3 is 0 Å². The summed E-state index contributed by atoms with van der Waals surface area (Å²) >= 11 is 6.54. The molecule has 8 nitrogen and oxygen atoms in total. The van der Waals surface area contributed by atoms with E-state index in [1.54, 1.807) is 0 Å². The Kier molecular flexibility index (Phi) is 10.1. The van der Waals surface area contributed by atoms with Crippen molar-refractivity contribution in [3.63, 3.8) is 0 Å². The monoisotopic (exact) mass is 523 g/mol. The van der Waals surface area contributed by atoms with Crippen molar-refractivity contribution in [2.24, 2.45) is 27.8 Å². The molecule has 0 saturated carbocycles. The van der Waals surface area contributed by atoms with E-state index in [0.717, 1.165) is 70.7 Å². The smallest absolute Gasteiger partial charge is 0.228 e. The molecule has 0 aromatic heterocycles. The average Bonchev–Trinajstić information content (AvgIpc) is 2.83. The molecule has 4 aliphatic heterocycles. The molecule has 4 heterocycles. The van der Waals surface area contributed by atoms with Gasteiger partial charge in [-0.3, -0.25) is 14.7 Å². The summed E-state index contributed by atoms with van der Waals surface area (Å²) in [6.07, 6.45) is 10.7. The lowest BCUT2D eigenvalue weighted by atomic mass is 9.70. The molecule has 6 N–H and O–H groups in total. The molecule has 1 amide bonds. The second kappa shape index (κ2) is 12.9. The van der Waals surface area contributed by atoms with Crippen LogP contribution in [0.4, 0.5) is 0 Å². The number of amides is 1. The van der Waals surface area contributed by atoms with E-state index in [0.29, 0.717) is 6.04 Å². The van der Waals surface area contributed by atoms with Crippen LogP contribution in [-0.4, -0.2) is 96.9 Å². The largest absolute Gasteiger partial charge is 0.350 e. The fourth-order valence-electron chi connectivity index (χ4n) is 7.04. The molecule has 0 aromatic rings. The quantitative estimate of drug-likeness (QED) is 0.285. The van der Waals surface area contributed by atoms with Gasteiger partial charge in [0.05, 0.1) is 29.5 Å². The van der Waals surface area contributed by atoms with Gasteiger partial charge in [0.15, 0.2) is 0 Å². The summed E-state index contributed by atoms with van der Waals surface area (Å²) in [6.45, 7) is 11.0. The topological polar surface area (TPSA) is 112 Å².